The van der Waals surface area contributed by atoms with Crippen molar-refractivity contribution in [3.05, 3.63) is 57.8 Å². The maximum Gasteiger partial charge on any atom is 0.244 e. The van der Waals surface area contributed by atoms with Crippen LogP contribution in [0.15, 0.2) is 41.8 Å². The van der Waals surface area contributed by atoms with E-state index in [2.05, 4.69) is 31.2 Å². The van der Waals surface area contributed by atoms with Crippen LogP contribution in [-0.2, 0) is 17.8 Å². The summed E-state index contributed by atoms with van der Waals surface area (Å²) >= 11 is 1.52. The summed E-state index contributed by atoms with van der Waals surface area (Å²) in [6.45, 7) is 2.71. The maximum atomic E-state index is 12.3. The number of nitrogens with zero attached hydrogens (tertiary/aromatic N) is 1. The number of rotatable bonds is 5. The molecular weight excluding hydrogens is 268 g/mol. The fourth-order valence-corrected chi connectivity index (χ4v) is 2.78. The topological polar surface area (TPSA) is 46.3 Å². The van der Waals surface area contributed by atoms with Crippen LogP contribution in [0.5, 0.6) is 0 Å². The molecule has 2 N–H and O–H groups in total. The third kappa shape index (κ3) is 3.46. The Morgan fingerprint density at radius 1 is 1.25 bits per heavy atom. The van der Waals surface area contributed by atoms with E-state index in [4.69, 9.17) is 5.73 Å². The molecule has 4 heteroatoms. The molecule has 1 aromatic heterocycles. The molecule has 0 saturated carbocycles. The Hall–Kier alpha value is -1.65. The SMILES string of the molecule is CCc1ccc(CN(C)C(=O)C(N)c2cccs2)cc1. The first-order valence-corrected chi connectivity index (χ1v) is 7.61. The second kappa shape index (κ2) is 6.68. The highest BCUT2D eigenvalue weighted by atomic mass is 32.1. The fraction of sp³-hybridized carbons (Fsp3) is 0.312. The van der Waals surface area contributed by atoms with Crippen molar-refractivity contribution in [2.75, 3.05) is 7.05 Å². The summed E-state index contributed by atoms with van der Waals surface area (Å²) in [6, 6.07) is 11.6. The van der Waals surface area contributed by atoms with E-state index in [-0.39, 0.29) is 5.91 Å². The Morgan fingerprint density at radius 2 is 1.90 bits per heavy atom. The minimum absolute atomic E-state index is 0.0491. The maximum absolute atomic E-state index is 12.3. The van der Waals surface area contributed by atoms with E-state index < -0.39 is 6.04 Å². The molecule has 20 heavy (non-hydrogen) atoms. The van der Waals surface area contributed by atoms with Gasteiger partial charge in [0.15, 0.2) is 0 Å². The van der Waals surface area contributed by atoms with Gasteiger partial charge in [-0.2, -0.15) is 0 Å². The Kier molecular flexibility index (Phi) is 4.93. The molecule has 0 aliphatic rings. The molecule has 0 bridgehead atoms. The monoisotopic (exact) mass is 288 g/mol. The standard InChI is InChI=1S/C16H20N2OS/c1-3-12-6-8-13(9-7-12)11-18(2)16(19)15(17)14-5-4-10-20-14/h4-10,15H,3,11,17H2,1-2H3. The molecule has 1 heterocycles. The summed E-state index contributed by atoms with van der Waals surface area (Å²) in [5.41, 5.74) is 8.43. The number of nitrogens with two attached hydrogens (primary N) is 1. The molecule has 0 radical (unpaired) electrons. The van der Waals surface area contributed by atoms with E-state index in [1.54, 1.807) is 11.9 Å². The zero-order chi connectivity index (χ0) is 14.5. The van der Waals surface area contributed by atoms with Crippen LogP contribution in [0.1, 0.15) is 29.0 Å². The first kappa shape index (κ1) is 14.8. The molecule has 0 saturated heterocycles. The third-order valence-electron chi connectivity index (χ3n) is 3.34. The number of carbonyl (C=O) groups is 1. The Balaban J connectivity index is 1.99. The highest BCUT2D eigenvalue weighted by Gasteiger charge is 2.20. The Bertz CT molecular complexity index is 548. The van der Waals surface area contributed by atoms with Crippen molar-refractivity contribution < 1.29 is 4.79 Å². The zero-order valence-electron chi connectivity index (χ0n) is 11.9. The first-order valence-electron chi connectivity index (χ1n) is 6.73. The second-order valence-corrected chi connectivity index (χ2v) is 5.84. The summed E-state index contributed by atoms with van der Waals surface area (Å²) < 4.78 is 0. The van der Waals surface area contributed by atoms with Crippen molar-refractivity contribution in [1.29, 1.82) is 0 Å². The minimum atomic E-state index is -0.560. The van der Waals surface area contributed by atoms with Crippen LogP contribution in [0, 0.1) is 0 Å². The molecule has 2 aromatic rings. The second-order valence-electron chi connectivity index (χ2n) is 4.86. The number of carbonyl (C=O) groups excluding carboxylic acids is 1. The van der Waals surface area contributed by atoms with Gasteiger partial charge in [-0.25, -0.2) is 0 Å². The predicted octanol–water partition coefficient (Wildman–Crippen LogP) is 2.97. The molecule has 0 aliphatic heterocycles. The van der Waals surface area contributed by atoms with E-state index in [0.717, 1.165) is 16.9 Å². The van der Waals surface area contributed by atoms with E-state index in [1.807, 2.05) is 17.5 Å². The average molecular weight is 288 g/mol. The van der Waals surface area contributed by atoms with Crippen LogP contribution < -0.4 is 5.73 Å². The molecule has 1 unspecified atom stereocenters. The van der Waals surface area contributed by atoms with Crippen LogP contribution in [0.3, 0.4) is 0 Å². The lowest BCUT2D eigenvalue weighted by Crippen LogP contribution is -2.35. The minimum Gasteiger partial charge on any atom is -0.340 e. The molecular formula is C16H20N2OS. The van der Waals surface area contributed by atoms with Crippen LogP contribution >= 0.6 is 11.3 Å². The van der Waals surface area contributed by atoms with Gasteiger partial charge in [-0.1, -0.05) is 37.3 Å². The normalized spacial score (nSPS) is 12.2. The van der Waals surface area contributed by atoms with Crippen molar-refractivity contribution in [2.24, 2.45) is 5.73 Å². The highest BCUT2D eigenvalue weighted by molar-refractivity contribution is 7.10. The number of amides is 1. The van der Waals surface area contributed by atoms with Crippen molar-refractivity contribution >= 4 is 17.2 Å². The smallest absolute Gasteiger partial charge is 0.244 e. The third-order valence-corrected chi connectivity index (χ3v) is 4.30. The highest BCUT2D eigenvalue weighted by Crippen LogP contribution is 2.19. The van der Waals surface area contributed by atoms with E-state index in [1.165, 1.54) is 16.9 Å². The van der Waals surface area contributed by atoms with E-state index in [0.29, 0.717) is 6.54 Å². The van der Waals surface area contributed by atoms with Gasteiger partial charge in [0.1, 0.15) is 6.04 Å². The van der Waals surface area contributed by atoms with Crippen molar-refractivity contribution in [1.82, 2.24) is 4.90 Å². The molecule has 3 nitrogen and oxygen atoms in total. The molecule has 2 rings (SSSR count). The number of benzene rings is 1. The first-order chi connectivity index (χ1) is 9.61. The van der Waals surface area contributed by atoms with Gasteiger partial charge in [0, 0.05) is 18.5 Å². The van der Waals surface area contributed by atoms with Gasteiger partial charge in [0.25, 0.3) is 0 Å². The van der Waals surface area contributed by atoms with Crippen molar-refractivity contribution in [2.45, 2.75) is 25.9 Å². The largest absolute Gasteiger partial charge is 0.340 e. The molecule has 0 fully saturated rings. The van der Waals surface area contributed by atoms with Crippen molar-refractivity contribution in [3.8, 4) is 0 Å². The van der Waals surface area contributed by atoms with Gasteiger partial charge in [-0.3, -0.25) is 4.79 Å². The van der Waals surface area contributed by atoms with Crippen LogP contribution in [0.2, 0.25) is 0 Å². The quantitative estimate of drug-likeness (QED) is 0.919. The Morgan fingerprint density at radius 3 is 2.45 bits per heavy atom. The van der Waals surface area contributed by atoms with Gasteiger partial charge in [0.2, 0.25) is 5.91 Å². The molecule has 1 atom stereocenters. The summed E-state index contributed by atoms with van der Waals surface area (Å²) in [5.74, 6) is -0.0491. The van der Waals surface area contributed by atoms with Gasteiger partial charge in [-0.05, 0) is 29.0 Å². The number of thiophene rings is 1. The fourth-order valence-electron chi connectivity index (χ4n) is 2.06. The summed E-state index contributed by atoms with van der Waals surface area (Å²) in [5, 5.41) is 1.94. The summed E-state index contributed by atoms with van der Waals surface area (Å²) in [6.07, 6.45) is 1.03. The van der Waals surface area contributed by atoms with Crippen molar-refractivity contribution in [3.63, 3.8) is 0 Å². The number of aryl methyl sites for hydroxylation is 1. The number of hydrogen-bond donors (Lipinski definition) is 1. The number of likely N-dealkylation sites (N-methyl/N-ethyl adjacent to an activating group) is 1. The molecule has 1 amide bonds. The molecule has 0 spiro atoms. The Labute approximate surface area is 124 Å². The molecule has 0 aliphatic carbocycles. The number of hydrogen-bond acceptors (Lipinski definition) is 3. The summed E-state index contributed by atoms with van der Waals surface area (Å²) in [7, 11) is 1.80. The molecule has 1 aromatic carbocycles. The van der Waals surface area contributed by atoms with Crippen LogP contribution in [-0.4, -0.2) is 17.9 Å². The molecule has 106 valence electrons. The van der Waals surface area contributed by atoms with Crippen LogP contribution in [0.25, 0.3) is 0 Å². The predicted molar refractivity (Wildman–Crippen MR) is 83.5 cm³/mol. The summed E-state index contributed by atoms with van der Waals surface area (Å²) in [4.78, 5) is 14.9. The van der Waals surface area contributed by atoms with E-state index >= 15 is 0 Å². The lowest BCUT2D eigenvalue weighted by Gasteiger charge is -2.21. The lowest BCUT2D eigenvalue weighted by molar-refractivity contribution is -0.131. The zero-order valence-corrected chi connectivity index (χ0v) is 12.7. The van der Waals surface area contributed by atoms with Gasteiger partial charge in [-0.15, -0.1) is 11.3 Å². The average Bonchev–Trinajstić information content (AvgIpc) is 3.00. The lowest BCUT2D eigenvalue weighted by atomic mass is 10.1. The van der Waals surface area contributed by atoms with E-state index in [9.17, 15) is 4.79 Å². The van der Waals surface area contributed by atoms with Gasteiger partial charge in [0.05, 0.1) is 0 Å². The van der Waals surface area contributed by atoms with Crippen LogP contribution in [0.4, 0.5) is 0 Å². The van der Waals surface area contributed by atoms with Gasteiger partial charge >= 0.3 is 0 Å². The van der Waals surface area contributed by atoms with Gasteiger partial charge < -0.3 is 10.6 Å².